The average molecular weight is 1070 g/mol. The molecule has 14 rings (SSSR count). The Labute approximate surface area is 419 Å². The Kier molecular flexibility index (Phi) is 10.1. The SMILES string of the molecule is [2H]C([2H])([2H])c1ccc2c(n1)oc1c(-c3nc4ccccc4n3-c3c(C(C)C)cc(-c4cc5ccc4CCc4ccc(cc4)CC5)cc3C(C)C)[c-]ccc12.[2H]C([2H])([2H])c1cnc(-c2[c-]cc(F)cc2)cc1C([2H])([2H])[2H].[Ir]. The van der Waals surface area contributed by atoms with Gasteiger partial charge >= 0.3 is 0 Å². The maximum atomic E-state index is 12.9. The van der Waals surface area contributed by atoms with E-state index in [-0.39, 0.29) is 60.2 Å². The summed E-state index contributed by atoms with van der Waals surface area (Å²) < 4.78 is 90.0. The van der Waals surface area contributed by atoms with E-state index < -0.39 is 26.4 Å². The Bertz CT molecular complexity index is 3740. The second kappa shape index (κ2) is 19.0. The third-order valence-electron chi connectivity index (χ3n) is 12.6. The van der Waals surface area contributed by atoms with E-state index in [9.17, 15) is 4.39 Å². The fraction of sp³-hybridized carbons (Fsp3) is 0.217. The number of pyridine rings is 2. The van der Waals surface area contributed by atoms with Crippen LogP contribution in [-0.2, 0) is 45.8 Å². The van der Waals surface area contributed by atoms with E-state index in [1.807, 2.05) is 18.2 Å². The van der Waals surface area contributed by atoms with Gasteiger partial charge in [0.1, 0.15) is 0 Å². The summed E-state index contributed by atoms with van der Waals surface area (Å²) in [5, 5.41) is 1.60. The van der Waals surface area contributed by atoms with Crippen LogP contribution in [0.15, 0.2) is 138 Å². The molecule has 67 heavy (non-hydrogen) atoms. The molecule has 10 aromatic rings. The maximum Gasteiger partial charge on any atom is 0.216 e. The number of aromatic nitrogens is 4. The number of hydrogen-bond acceptors (Lipinski definition) is 4. The Morgan fingerprint density at radius 1 is 0.701 bits per heavy atom. The monoisotopic (exact) mass is 1070 g/mol. The van der Waals surface area contributed by atoms with Crippen molar-refractivity contribution in [2.45, 2.75) is 85.8 Å². The van der Waals surface area contributed by atoms with Crippen molar-refractivity contribution in [3.05, 3.63) is 202 Å². The fourth-order valence-electron chi connectivity index (χ4n) is 9.06. The normalized spacial score (nSPS) is 14.9. The van der Waals surface area contributed by atoms with Crippen molar-refractivity contribution in [1.82, 2.24) is 19.5 Å². The van der Waals surface area contributed by atoms with Crippen molar-refractivity contribution in [3.63, 3.8) is 0 Å². The number of hydrogen-bond donors (Lipinski definition) is 0. The summed E-state index contributed by atoms with van der Waals surface area (Å²) in [5.41, 5.74) is 15.1. The first-order chi connectivity index (χ1) is 35.6. The number of furan rings is 1. The first kappa shape index (κ1) is 35.6. The van der Waals surface area contributed by atoms with Crippen LogP contribution in [-0.4, -0.2) is 19.5 Å². The van der Waals surface area contributed by atoms with Gasteiger partial charge in [-0.2, -0.15) is 0 Å². The van der Waals surface area contributed by atoms with Crippen LogP contribution in [0.1, 0.15) is 102 Å². The molecule has 4 aliphatic carbocycles. The summed E-state index contributed by atoms with van der Waals surface area (Å²) >= 11 is 0. The van der Waals surface area contributed by atoms with Gasteiger partial charge in [-0.1, -0.05) is 105 Å². The van der Waals surface area contributed by atoms with Gasteiger partial charge in [0.05, 0.1) is 22.4 Å². The van der Waals surface area contributed by atoms with E-state index >= 15 is 0 Å². The van der Waals surface area contributed by atoms with Crippen molar-refractivity contribution in [2.75, 3.05) is 0 Å². The molecule has 1 radical (unpaired) electrons. The molecule has 0 fully saturated rings. The molecule has 337 valence electrons. The molecule has 0 aliphatic heterocycles. The van der Waals surface area contributed by atoms with E-state index in [2.05, 4.69) is 127 Å². The van der Waals surface area contributed by atoms with E-state index in [0.717, 1.165) is 71.3 Å². The van der Waals surface area contributed by atoms with Crippen molar-refractivity contribution < 1.29 is 41.2 Å². The predicted molar refractivity (Wildman–Crippen MR) is 268 cm³/mol. The third-order valence-corrected chi connectivity index (χ3v) is 12.6. The fourth-order valence-corrected chi connectivity index (χ4v) is 9.06. The minimum atomic E-state index is -2.58. The van der Waals surface area contributed by atoms with E-state index in [1.165, 1.54) is 62.7 Å². The van der Waals surface area contributed by atoms with Crippen LogP contribution in [0.3, 0.4) is 0 Å². The van der Waals surface area contributed by atoms with Gasteiger partial charge in [-0.3, -0.25) is 9.37 Å². The van der Waals surface area contributed by atoms with E-state index in [1.54, 1.807) is 12.1 Å². The summed E-state index contributed by atoms with van der Waals surface area (Å²) in [6.07, 6.45) is 5.02. The molecule has 0 unspecified atom stereocenters. The second-order valence-corrected chi connectivity index (χ2v) is 17.7. The molecular weight excluding hydrogens is 1000 g/mol. The average Bonchev–Trinajstić information content (AvgIpc) is 3.96. The van der Waals surface area contributed by atoms with Gasteiger partial charge in [-0.05, 0) is 150 Å². The zero-order chi connectivity index (χ0) is 53.1. The Morgan fingerprint density at radius 3 is 2.15 bits per heavy atom. The quantitative estimate of drug-likeness (QED) is 0.156. The van der Waals surface area contributed by atoms with Crippen LogP contribution in [0.4, 0.5) is 4.39 Å². The molecule has 7 heteroatoms. The Balaban J connectivity index is 0.000000270. The smallest absolute Gasteiger partial charge is 0.216 e. The molecule has 0 N–H and O–H groups in total. The van der Waals surface area contributed by atoms with E-state index in [0.29, 0.717) is 16.7 Å². The maximum absolute atomic E-state index is 12.9. The first-order valence-corrected chi connectivity index (χ1v) is 22.4. The number of para-hydroxylation sites is 2. The van der Waals surface area contributed by atoms with Crippen molar-refractivity contribution >= 4 is 33.1 Å². The van der Waals surface area contributed by atoms with Crippen molar-refractivity contribution in [3.8, 4) is 39.5 Å². The molecule has 5 nitrogen and oxygen atoms in total. The Hall–Kier alpha value is -6.53. The van der Waals surface area contributed by atoms with Crippen LogP contribution in [0.5, 0.6) is 0 Å². The molecule has 6 aromatic carbocycles. The standard InChI is InChI=1S/C47H42N3O.C13H11FN.Ir/c1-28(2)39-26-35(41-25-33-19-18-31-14-16-32(17-15-31)20-22-34(41)23-21-33)27-40(29(3)4)44(39)50-43-12-7-6-11-42(43)49-46(50)38-10-8-9-36-37-24-13-30(5)48-47(37)51-45(36)38;1-9-7-13(15-8-10(9)2)11-3-5-12(14)6-4-11;/h6-9,11-17,21,23-29H,18-20,22H2,1-5H3;3,5-8H,1-2H3;/q2*-1;/i5D3;1D3,2D3;. The summed E-state index contributed by atoms with van der Waals surface area (Å²) in [5.74, 6) is 0.649. The molecular formula is C60H53FIrN4O-2. The van der Waals surface area contributed by atoms with Crippen LogP contribution >= 0.6 is 0 Å². The van der Waals surface area contributed by atoms with Crippen LogP contribution in [0.25, 0.3) is 72.6 Å². The first-order valence-electron chi connectivity index (χ1n) is 26.9. The summed E-state index contributed by atoms with van der Waals surface area (Å²) in [6.45, 7) is 1.61. The van der Waals surface area contributed by atoms with Gasteiger partial charge in [0.15, 0.2) is 0 Å². The van der Waals surface area contributed by atoms with Crippen molar-refractivity contribution in [1.29, 1.82) is 0 Å². The van der Waals surface area contributed by atoms with Crippen molar-refractivity contribution in [2.24, 2.45) is 0 Å². The largest absolute Gasteiger partial charge is 0.486 e. The minimum absolute atomic E-state index is 0. The van der Waals surface area contributed by atoms with Gasteiger partial charge in [0.25, 0.3) is 0 Å². The molecule has 4 aliphatic rings. The second-order valence-electron chi connectivity index (χ2n) is 17.7. The van der Waals surface area contributed by atoms with Crippen LogP contribution in [0, 0.1) is 38.5 Å². The molecule has 4 heterocycles. The zero-order valence-corrected chi connectivity index (χ0v) is 40.0. The van der Waals surface area contributed by atoms with Gasteiger partial charge in [-0.25, -0.2) is 4.98 Å². The molecule has 4 bridgehead atoms. The molecule has 4 aromatic heterocycles. The summed E-state index contributed by atoms with van der Waals surface area (Å²) in [7, 11) is 0. The Morgan fingerprint density at radius 2 is 1.43 bits per heavy atom. The van der Waals surface area contributed by atoms with Gasteiger partial charge < -0.3 is 14.0 Å². The van der Waals surface area contributed by atoms with Gasteiger partial charge in [-0.15, -0.1) is 48.0 Å². The molecule has 0 amide bonds. The number of aryl methyl sites for hydroxylation is 7. The number of nitrogens with zero attached hydrogens (tertiary/aromatic N) is 4. The number of imidazole rings is 1. The van der Waals surface area contributed by atoms with Crippen LogP contribution < -0.4 is 0 Å². The van der Waals surface area contributed by atoms with E-state index in [4.69, 9.17) is 21.7 Å². The van der Waals surface area contributed by atoms with Gasteiger partial charge in [0, 0.05) is 61.2 Å². The predicted octanol–water partition coefficient (Wildman–Crippen LogP) is 15.2. The van der Waals surface area contributed by atoms with Gasteiger partial charge in [0.2, 0.25) is 5.71 Å². The zero-order valence-electron chi connectivity index (χ0n) is 46.6. The summed E-state index contributed by atoms with van der Waals surface area (Å²) in [6, 6.07) is 47.6. The third kappa shape index (κ3) is 9.03. The number of benzene rings is 6. The molecule has 0 saturated carbocycles. The molecule has 0 saturated heterocycles. The molecule has 0 spiro atoms. The summed E-state index contributed by atoms with van der Waals surface area (Å²) in [4.78, 5) is 13.7. The number of fused-ring (bicyclic) bond motifs is 4. The van der Waals surface area contributed by atoms with Crippen LogP contribution in [0.2, 0.25) is 0 Å². The minimum Gasteiger partial charge on any atom is -0.486 e. The number of halogens is 1. The number of rotatable bonds is 6. The molecule has 0 atom stereocenters. The topological polar surface area (TPSA) is 56.7 Å².